The summed E-state index contributed by atoms with van der Waals surface area (Å²) in [6.07, 6.45) is -0.929. The van der Waals surface area contributed by atoms with Crippen LogP contribution in [0.25, 0.3) is 11.8 Å². The van der Waals surface area contributed by atoms with Crippen LogP contribution in [0.4, 0.5) is 19.1 Å². The summed E-state index contributed by atoms with van der Waals surface area (Å²) in [6, 6.07) is 9.07. The molecular weight excluding hydrogens is 438 g/mol. The number of nitrogens with zero attached hydrogens (tertiary/aromatic N) is 4. The van der Waals surface area contributed by atoms with Crippen LogP contribution >= 0.6 is 23.2 Å². The third kappa shape index (κ3) is 4.58. The molecule has 1 atom stereocenters. The SMILES string of the molecule is Cc1c(Cl)cc(C(/C=C/c2ccc(-n3cnc(N)n3)c(C#N)c2)C(F)(F)F)cc1Cl. The van der Waals surface area contributed by atoms with Gasteiger partial charge in [0, 0.05) is 10.0 Å². The predicted octanol–water partition coefficient (Wildman–Crippen LogP) is 5.70. The molecule has 2 N–H and O–H groups in total. The molecule has 5 nitrogen and oxygen atoms in total. The van der Waals surface area contributed by atoms with Crippen LogP contribution in [0.5, 0.6) is 0 Å². The van der Waals surface area contributed by atoms with Gasteiger partial charge in [0.05, 0.1) is 17.2 Å². The first-order valence-corrected chi connectivity index (χ1v) is 9.28. The Bertz CT molecular complexity index is 1140. The molecule has 0 saturated heterocycles. The van der Waals surface area contributed by atoms with Gasteiger partial charge in [-0.2, -0.15) is 18.4 Å². The first kappa shape index (κ1) is 21.7. The zero-order chi connectivity index (χ0) is 22.1. The van der Waals surface area contributed by atoms with E-state index in [4.69, 9.17) is 28.9 Å². The molecule has 30 heavy (non-hydrogen) atoms. The van der Waals surface area contributed by atoms with Crippen LogP contribution in [0.1, 0.15) is 28.2 Å². The Morgan fingerprint density at radius 1 is 1.20 bits per heavy atom. The summed E-state index contributed by atoms with van der Waals surface area (Å²) in [5, 5.41) is 13.6. The number of allylic oxidation sites excluding steroid dienone is 1. The highest BCUT2D eigenvalue weighted by molar-refractivity contribution is 6.36. The van der Waals surface area contributed by atoms with Gasteiger partial charge in [-0.15, -0.1) is 5.10 Å². The summed E-state index contributed by atoms with van der Waals surface area (Å²) >= 11 is 12.0. The standard InChI is InChI=1S/C20H14Cl2F3N5/c1-11-16(21)7-13(8-17(11)22)15(20(23,24)25)4-2-12-3-5-18(14(6-12)9-26)30-10-28-19(27)29-30/h2-8,10,15H,1H3,(H2,27,29)/b4-2+. The molecule has 0 fully saturated rings. The predicted molar refractivity (Wildman–Crippen MR) is 110 cm³/mol. The summed E-state index contributed by atoms with van der Waals surface area (Å²) in [7, 11) is 0. The number of hydrogen-bond donors (Lipinski definition) is 1. The lowest BCUT2D eigenvalue weighted by Gasteiger charge is -2.19. The fraction of sp³-hybridized carbons (Fsp3) is 0.150. The lowest BCUT2D eigenvalue weighted by Crippen LogP contribution is -2.19. The van der Waals surface area contributed by atoms with Gasteiger partial charge in [0.15, 0.2) is 0 Å². The number of hydrogen-bond acceptors (Lipinski definition) is 4. The summed E-state index contributed by atoms with van der Waals surface area (Å²) < 4.78 is 42.4. The molecule has 0 radical (unpaired) electrons. The minimum atomic E-state index is -4.56. The lowest BCUT2D eigenvalue weighted by molar-refractivity contribution is -0.139. The Morgan fingerprint density at radius 3 is 2.40 bits per heavy atom. The molecule has 1 aromatic heterocycles. The van der Waals surface area contributed by atoms with Crippen molar-refractivity contribution in [2.45, 2.75) is 19.0 Å². The van der Waals surface area contributed by atoms with Gasteiger partial charge in [0.1, 0.15) is 12.4 Å². The summed E-state index contributed by atoms with van der Waals surface area (Å²) in [5.74, 6) is -1.89. The number of aromatic nitrogens is 3. The first-order valence-electron chi connectivity index (χ1n) is 8.52. The zero-order valence-corrected chi connectivity index (χ0v) is 17.0. The molecule has 1 heterocycles. The zero-order valence-electron chi connectivity index (χ0n) is 15.5. The van der Waals surface area contributed by atoms with E-state index in [1.54, 1.807) is 19.1 Å². The van der Waals surface area contributed by atoms with Crippen molar-refractivity contribution in [3.63, 3.8) is 0 Å². The van der Waals surface area contributed by atoms with E-state index in [0.29, 0.717) is 16.8 Å². The molecule has 2 aromatic carbocycles. The molecule has 0 bridgehead atoms. The third-order valence-electron chi connectivity index (χ3n) is 4.39. The molecule has 3 rings (SSSR count). The third-order valence-corrected chi connectivity index (χ3v) is 5.18. The van der Waals surface area contributed by atoms with Crippen LogP contribution in [-0.2, 0) is 0 Å². The number of rotatable bonds is 4. The lowest BCUT2D eigenvalue weighted by atomic mass is 9.95. The molecule has 0 aliphatic carbocycles. The van der Waals surface area contributed by atoms with E-state index in [1.807, 2.05) is 6.07 Å². The van der Waals surface area contributed by atoms with Gasteiger partial charge in [0.25, 0.3) is 0 Å². The normalized spacial score (nSPS) is 12.8. The fourth-order valence-corrected chi connectivity index (χ4v) is 3.30. The van der Waals surface area contributed by atoms with Crippen LogP contribution in [0, 0.1) is 18.3 Å². The molecule has 0 aliphatic rings. The Hall–Kier alpha value is -3.02. The average Bonchev–Trinajstić information content (AvgIpc) is 3.11. The van der Waals surface area contributed by atoms with Gasteiger partial charge in [-0.1, -0.05) is 41.4 Å². The van der Waals surface area contributed by atoms with Crippen molar-refractivity contribution in [1.82, 2.24) is 14.8 Å². The number of nitriles is 1. The van der Waals surface area contributed by atoms with E-state index < -0.39 is 12.1 Å². The maximum Gasteiger partial charge on any atom is 0.399 e. The minimum Gasteiger partial charge on any atom is -0.366 e. The van der Waals surface area contributed by atoms with E-state index >= 15 is 0 Å². The smallest absolute Gasteiger partial charge is 0.366 e. The maximum absolute atomic E-state index is 13.7. The highest BCUT2D eigenvalue weighted by Gasteiger charge is 2.39. The van der Waals surface area contributed by atoms with E-state index in [9.17, 15) is 18.4 Å². The molecule has 0 amide bonds. The maximum atomic E-state index is 13.7. The molecule has 10 heteroatoms. The van der Waals surface area contributed by atoms with E-state index in [2.05, 4.69) is 10.1 Å². The molecule has 154 valence electrons. The molecule has 0 aliphatic heterocycles. The van der Waals surface area contributed by atoms with Gasteiger partial charge < -0.3 is 5.73 Å². The Labute approximate surface area is 180 Å². The van der Waals surface area contributed by atoms with Gasteiger partial charge >= 0.3 is 6.18 Å². The highest BCUT2D eigenvalue weighted by Crippen LogP contribution is 2.39. The molecular formula is C20H14Cl2F3N5. The average molecular weight is 452 g/mol. The van der Waals surface area contributed by atoms with E-state index in [-0.39, 0.29) is 27.1 Å². The first-order chi connectivity index (χ1) is 14.1. The summed E-state index contributed by atoms with van der Waals surface area (Å²) in [6.45, 7) is 1.63. The van der Waals surface area contributed by atoms with Gasteiger partial charge in [0.2, 0.25) is 5.95 Å². The second-order valence-corrected chi connectivity index (χ2v) is 7.24. The number of halogens is 5. The largest absolute Gasteiger partial charge is 0.399 e. The van der Waals surface area contributed by atoms with Crippen LogP contribution in [0.2, 0.25) is 10.0 Å². The Morgan fingerprint density at radius 2 is 1.87 bits per heavy atom. The Kier molecular flexibility index (Phi) is 6.06. The van der Waals surface area contributed by atoms with Crippen molar-refractivity contribution in [2.24, 2.45) is 0 Å². The summed E-state index contributed by atoms with van der Waals surface area (Å²) in [5.41, 5.74) is 6.93. The van der Waals surface area contributed by atoms with Crippen LogP contribution in [-0.4, -0.2) is 20.9 Å². The molecule has 3 aromatic rings. The fourth-order valence-electron chi connectivity index (χ4n) is 2.80. The van der Waals surface area contributed by atoms with Crippen molar-refractivity contribution in [1.29, 1.82) is 5.26 Å². The van der Waals surface area contributed by atoms with Gasteiger partial charge in [-0.3, -0.25) is 0 Å². The molecule has 1 unspecified atom stereocenters. The number of benzene rings is 2. The monoisotopic (exact) mass is 451 g/mol. The van der Waals surface area contributed by atoms with Gasteiger partial charge in [-0.05, 0) is 47.9 Å². The second-order valence-electron chi connectivity index (χ2n) is 6.42. The van der Waals surface area contributed by atoms with Crippen molar-refractivity contribution in [3.8, 4) is 11.8 Å². The van der Waals surface area contributed by atoms with Gasteiger partial charge in [-0.25, -0.2) is 9.67 Å². The van der Waals surface area contributed by atoms with Crippen LogP contribution in [0.15, 0.2) is 42.7 Å². The van der Waals surface area contributed by atoms with E-state index in [1.165, 1.54) is 35.3 Å². The highest BCUT2D eigenvalue weighted by atomic mass is 35.5. The molecule has 0 saturated carbocycles. The van der Waals surface area contributed by atoms with Crippen LogP contribution < -0.4 is 5.73 Å². The number of anilines is 1. The quantitative estimate of drug-likeness (QED) is 0.551. The Balaban J connectivity index is 1.98. The number of nitrogen functional groups attached to an aromatic ring is 1. The molecule has 0 spiro atoms. The van der Waals surface area contributed by atoms with Crippen molar-refractivity contribution < 1.29 is 13.2 Å². The second kappa shape index (κ2) is 8.38. The topological polar surface area (TPSA) is 80.5 Å². The van der Waals surface area contributed by atoms with E-state index in [0.717, 1.165) is 6.08 Å². The van der Waals surface area contributed by atoms with Crippen molar-refractivity contribution in [2.75, 3.05) is 5.73 Å². The number of alkyl halides is 3. The van der Waals surface area contributed by atoms with Crippen molar-refractivity contribution >= 4 is 35.2 Å². The summed E-state index contributed by atoms with van der Waals surface area (Å²) in [4.78, 5) is 3.79. The number of nitrogens with two attached hydrogens (primary N) is 1. The van der Waals surface area contributed by atoms with Crippen molar-refractivity contribution in [3.05, 3.63) is 75.0 Å². The van der Waals surface area contributed by atoms with Crippen LogP contribution in [0.3, 0.4) is 0 Å². The minimum absolute atomic E-state index is 0.0336.